The van der Waals surface area contributed by atoms with E-state index in [4.69, 9.17) is 0 Å². The molecule has 206 valence electrons. The van der Waals surface area contributed by atoms with Gasteiger partial charge in [0.15, 0.2) is 0 Å². The number of aromatic nitrogens is 2. The zero-order chi connectivity index (χ0) is 27.4. The fourth-order valence-electron chi connectivity index (χ4n) is 5.22. The quantitative estimate of drug-likeness (QED) is 0.188. The van der Waals surface area contributed by atoms with E-state index >= 15 is 0 Å². The molecule has 8 heteroatoms. The Morgan fingerprint density at radius 3 is 1.06 bits per heavy atom. The van der Waals surface area contributed by atoms with E-state index in [-0.39, 0.29) is 0 Å². The Balaban J connectivity index is 3.80. The van der Waals surface area contributed by atoms with Gasteiger partial charge in [-0.1, -0.05) is 0 Å². The third-order valence-corrected chi connectivity index (χ3v) is 12.6. The van der Waals surface area contributed by atoms with E-state index in [1.807, 2.05) is 0 Å². The van der Waals surface area contributed by atoms with Gasteiger partial charge in [-0.3, -0.25) is 0 Å². The SMILES string of the molecule is CC(C)N(C(C)C)P(N(C(C)C)C(C)C)n1[c-][n+](P(N(C(C)C)C(C)C)N(C(C)C)C(C)C)cc1. The van der Waals surface area contributed by atoms with Crippen LogP contribution < -0.4 is 4.34 Å². The summed E-state index contributed by atoms with van der Waals surface area (Å²) in [6.45, 7) is 37.3. The van der Waals surface area contributed by atoms with Crippen molar-refractivity contribution in [1.82, 2.24) is 23.0 Å². The summed E-state index contributed by atoms with van der Waals surface area (Å²) in [6, 6.07) is 3.54. The summed E-state index contributed by atoms with van der Waals surface area (Å²) >= 11 is 0. The molecule has 6 nitrogen and oxygen atoms in total. The van der Waals surface area contributed by atoms with E-state index in [0.717, 1.165) is 0 Å². The lowest BCUT2D eigenvalue weighted by Gasteiger charge is -2.45. The van der Waals surface area contributed by atoms with Gasteiger partial charge in [0.25, 0.3) is 0 Å². The molecule has 0 aromatic carbocycles. The average molecular weight is 529 g/mol. The average Bonchev–Trinajstić information content (AvgIpc) is 3.13. The molecule has 1 aromatic heterocycles. The molecular formula is C27H58N6P2. The van der Waals surface area contributed by atoms with E-state index in [1.165, 1.54) is 0 Å². The molecule has 35 heavy (non-hydrogen) atoms. The first-order valence-electron chi connectivity index (χ1n) is 13.8. The van der Waals surface area contributed by atoms with Gasteiger partial charge in [0.1, 0.15) is 0 Å². The normalized spacial score (nSPS) is 13.9. The van der Waals surface area contributed by atoms with E-state index in [2.05, 4.69) is 157 Å². The monoisotopic (exact) mass is 528 g/mol. The van der Waals surface area contributed by atoms with Crippen LogP contribution in [0, 0.1) is 6.33 Å². The first kappa shape index (κ1) is 32.9. The second kappa shape index (κ2) is 14.2. The first-order chi connectivity index (χ1) is 16.0. The molecule has 0 amide bonds. The minimum absolute atomic E-state index is 0.442. The highest BCUT2D eigenvalue weighted by molar-refractivity contribution is 7.51. The molecule has 1 rings (SSSR count). The molecule has 0 spiro atoms. The lowest BCUT2D eigenvalue weighted by Crippen LogP contribution is -2.52. The van der Waals surface area contributed by atoms with Gasteiger partial charge < -0.3 is 8.68 Å². The van der Waals surface area contributed by atoms with Crippen molar-refractivity contribution < 1.29 is 4.34 Å². The van der Waals surface area contributed by atoms with Crippen LogP contribution in [0.4, 0.5) is 0 Å². The highest BCUT2D eigenvalue weighted by atomic mass is 31.2. The Hall–Kier alpha value is -0.0900. The van der Waals surface area contributed by atoms with Crippen LogP contribution in [0.5, 0.6) is 0 Å². The van der Waals surface area contributed by atoms with Crippen molar-refractivity contribution in [1.29, 1.82) is 0 Å². The third kappa shape index (κ3) is 8.20. The van der Waals surface area contributed by atoms with Crippen molar-refractivity contribution in [3.63, 3.8) is 0 Å². The lowest BCUT2D eigenvalue weighted by atomic mass is 10.3. The van der Waals surface area contributed by atoms with Crippen molar-refractivity contribution in [2.24, 2.45) is 0 Å². The first-order valence-corrected chi connectivity index (χ1v) is 16.2. The van der Waals surface area contributed by atoms with Gasteiger partial charge in [-0.2, -0.15) is 0 Å². The van der Waals surface area contributed by atoms with Gasteiger partial charge in [-0.15, -0.1) is 0 Å². The van der Waals surface area contributed by atoms with Crippen LogP contribution in [0.3, 0.4) is 0 Å². The van der Waals surface area contributed by atoms with Crippen molar-refractivity contribution in [2.75, 3.05) is 0 Å². The number of imidazole rings is 1. The molecule has 0 radical (unpaired) electrons. The van der Waals surface area contributed by atoms with Gasteiger partial charge in [0, 0.05) is 48.3 Å². The number of nitrogens with zero attached hydrogens (tertiary/aromatic N) is 6. The maximum absolute atomic E-state index is 3.90. The lowest BCUT2D eigenvalue weighted by molar-refractivity contribution is -0.526. The van der Waals surface area contributed by atoms with E-state index in [1.54, 1.807) is 0 Å². The summed E-state index contributed by atoms with van der Waals surface area (Å²) in [5.41, 5.74) is 0. The van der Waals surface area contributed by atoms with Crippen LogP contribution in [0.2, 0.25) is 0 Å². The Kier molecular flexibility index (Phi) is 13.3. The van der Waals surface area contributed by atoms with Crippen LogP contribution in [-0.2, 0) is 0 Å². The number of hydrogen-bond donors (Lipinski definition) is 0. The molecule has 0 aliphatic heterocycles. The largest absolute Gasteiger partial charge is 0.308 e. The molecule has 0 saturated heterocycles. The molecular weight excluding hydrogens is 470 g/mol. The molecule has 0 bridgehead atoms. The maximum Gasteiger partial charge on any atom is 0.233 e. The van der Waals surface area contributed by atoms with Crippen molar-refractivity contribution in [3.05, 3.63) is 18.7 Å². The van der Waals surface area contributed by atoms with E-state index in [9.17, 15) is 0 Å². The maximum atomic E-state index is 3.90. The topological polar surface area (TPSA) is 21.8 Å². The van der Waals surface area contributed by atoms with Crippen LogP contribution in [0.15, 0.2) is 12.4 Å². The highest BCUT2D eigenvalue weighted by Crippen LogP contribution is 2.51. The molecule has 0 unspecified atom stereocenters. The van der Waals surface area contributed by atoms with Crippen molar-refractivity contribution in [3.8, 4) is 0 Å². The van der Waals surface area contributed by atoms with Crippen LogP contribution in [0.25, 0.3) is 0 Å². The van der Waals surface area contributed by atoms with E-state index < -0.39 is 16.7 Å². The molecule has 0 aliphatic carbocycles. The molecule has 0 fully saturated rings. The van der Waals surface area contributed by atoms with Crippen LogP contribution in [-0.4, -0.2) is 71.4 Å². The Morgan fingerprint density at radius 2 is 0.800 bits per heavy atom. The van der Waals surface area contributed by atoms with Gasteiger partial charge in [-0.25, -0.2) is 18.7 Å². The smallest absolute Gasteiger partial charge is 0.233 e. The van der Waals surface area contributed by atoms with Crippen molar-refractivity contribution >= 4 is 16.7 Å². The van der Waals surface area contributed by atoms with Gasteiger partial charge in [0.2, 0.25) is 23.1 Å². The fourth-order valence-corrected chi connectivity index (χ4v) is 10.7. The summed E-state index contributed by atoms with van der Waals surface area (Å²) in [7, 11) is -1.53. The summed E-state index contributed by atoms with van der Waals surface area (Å²) < 4.78 is 15.5. The van der Waals surface area contributed by atoms with Crippen LogP contribution in [0.1, 0.15) is 111 Å². The summed E-state index contributed by atoms with van der Waals surface area (Å²) in [5.74, 6) is 0. The predicted molar refractivity (Wildman–Crippen MR) is 157 cm³/mol. The molecule has 0 atom stereocenters. The summed E-state index contributed by atoms with van der Waals surface area (Å²) in [6.07, 6.45) is 8.47. The van der Waals surface area contributed by atoms with Gasteiger partial charge in [0.05, 0.1) is 0 Å². The highest BCUT2D eigenvalue weighted by Gasteiger charge is 2.40. The Bertz CT molecular complexity index is 599. The third-order valence-electron chi connectivity index (χ3n) is 6.00. The molecule has 0 aliphatic rings. The second-order valence-corrected chi connectivity index (χ2v) is 15.7. The molecule has 0 N–H and O–H groups in total. The standard InChI is InChI=1S/C27H58N6P2/c1-20(2)30(21(3)4)34(31(22(5)6)23(7)8)28-17-18-29(19-28)35(32(24(9)10)25(11)12)33(26(13)14)27(15)16/h17-18,20-27H,1-16H3. The fraction of sp³-hybridized carbons (Fsp3) is 0.889. The zero-order valence-corrected chi connectivity index (χ0v) is 27.6. The Labute approximate surface area is 221 Å². The van der Waals surface area contributed by atoms with Gasteiger partial charge >= 0.3 is 0 Å². The summed E-state index contributed by atoms with van der Waals surface area (Å²) in [4.78, 5) is 0. The zero-order valence-electron chi connectivity index (χ0n) is 25.9. The predicted octanol–water partition coefficient (Wildman–Crippen LogP) is 7.20. The second-order valence-electron chi connectivity index (χ2n) is 11.9. The van der Waals surface area contributed by atoms with Crippen molar-refractivity contribution in [2.45, 2.75) is 159 Å². The molecule has 1 heterocycles. The Morgan fingerprint density at radius 1 is 0.514 bits per heavy atom. The number of rotatable bonds is 14. The molecule has 0 saturated carbocycles. The van der Waals surface area contributed by atoms with Gasteiger partial charge in [-0.05, 0) is 123 Å². The summed E-state index contributed by atoms with van der Waals surface area (Å²) in [5, 5.41) is 0. The van der Waals surface area contributed by atoms with E-state index in [0.29, 0.717) is 48.3 Å². The van der Waals surface area contributed by atoms with Crippen LogP contribution >= 0.6 is 16.7 Å². The number of hydrogen-bond acceptors (Lipinski definition) is 4. The minimum Gasteiger partial charge on any atom is -0.308 e. The minimum atomic E-state index is -0.764. The molecule has 1 aromatic rings.